The molecule has 17 heavy (non-hydrogen) atoms. The van der Waals surface area contributed by atoms with Crippen molar-refractivity contribution in [3.8, 4) is 6.07 Å². The van der Waals surface area contributed by atoms with Crippen LogP contribution in [-0.2, 0) is 12.6 Å². The number of aromatic nitrogens is 1. The second-order valence-electron chi connectivity index (χ2n) is 2.99. The molecule has 0 saturated heterocycles. The zero-order chi connectivity index (χ0) is 13.2. The highest BCUT2D eigenvalue weighted by Gasteiger charge is 2.36. The van der Waals surface area contributed by atoms with Crippen LogP contribution in [0.15, 0.2) is 6.07 Å². The van der Waals surface area contributed by atoms with E-state index in [0.717, 1.165) is 0 Å². The van der Waals surface area contributed by atoms with E-state index in [1.54, 1.807) is 0 Å². The molecule has 0 aliphatic carbocycles. The molecule has 1 rings (SSSR count). The third kappa shape index (κ3) is 2.87. The number of hydrogen-bond acceptors (Lipinski definition) is 2. The Balaban J connectivity index is 3.44. The normalized spacial score (nSPS) is 11.6. The van der Waals surface area contributed by atoms with Gasteiger partial charge < -0.3 is 0 Å². The Kier molecular flexibility index (Phi) is 3.60. The molecule has 0 saturated carbocycles. The van der Waals surface area contributed by atoms with Crippen molar-refractivity contribution >= 4 is 0 Å². The van der Waals surface area contributed by atoms with E-state index in [0.29, 0.717) is 0 Å². The van der Waals surface area contributed by atoms with Gasteiger partial charge in [0.1, 0.15) is 5.69 Å². The van der Waals surface area contributed by atoms with Crippen molar-refractivity contribution in [2.24, 2.45) is 0 Å². The fourth-order valence-corrected chi connectivity index (χ4v) is 1.11. The second kappa shape index (κ2) is 4.61. The molecule has 8 heteroatoms. The van der Waals surface area contributed by atoms with Crippen LogP contribution in [0.5, 0.6) is 0 Å². The van der Waals surface area contributed by atoms with Crippen molar-refractivity contribution in [2.45, 2.75) is 19.0 Å². The molecule has 1 aromatic rings. The lowest BCUT2D eigenvalue weighted by atomic mass is 10.1. The summed E-state index contributed by atoms with van der Waals surface area (Å²) in [6.45, 7) is 0. The summed E-state index contributed by atoms with van der Waals surface area (Å²) in [5.74, 6) is -1.79. The molecule has 0 aromatic carbocycles. The fraction of sp³-hybridized carbons (Fsp3) is 0.333. The van der Waals surface area contributed by atoms with E-state index in [9.17, 15) is 26.3 Å². The lowest BCUT2D eigenvalue weighted by Crippen LogP contribution is -2.13. The van der Waals surface area contributed by atoms with Gasteiger partial charge in [-0.15, -0.1) is 0 Å². The Hall–Kier alpha value is -1.78. The Labute approximate surface area is 91.5 Å². The lowest BCUT2D eigenvalue weighted by Gasteiger charge is -2.11. The molecule has 0 atom stereocenters. The van der Waals surface area contributed by atoms with Gasteiger partial charge in [-0.3, -0.25) is 0 Å². The first-order chi connectivity index (χ1) is 7.77. The van der Waals surface area contributed by atoms with Gasteiger partial charge in [0.2, 0.25) is 0 Å². The zero-order valence-electron chi connectivity index (χ0n) is 8.02. The Morgan fingerprint density at radius 2 is 1.94 bits per heavy atom. The number of hydrogen-bond donors (Lipinski definition) is 0. The molecule has 0 N–H and O–H groups in total. The van der Waals surface area contributed by atoms with Gasteiger partial charge >= 0.3 is 6.18 Å². The van der Waals surface area contributed by atoms with Crippen LogP contribution in [0.4, 0.5) is 26.3 Å². The van der Waals surface area contributed by atoms with Crippen LogP contribution in [0, 0.1) is 17.1 Å². The van der Waals surface area contributed by atoms with Crippen molar-refractivity contribution in [3.05, 3.63) is 28.8 Å². The predicted molar refractivity (Wildman–Crippen MR) is 43.5 cm³/mol. The quantitative estimate of drug-likeness (QED) is 0.759. The topological polar surface area (TPSA) is 36.7 Å². The SMILES string of the molecule is N#CCc1nc(C(F)F)cc(C(F)(F)F)c1F. The van der Waals surface area contributed by atoms with Crippen molar-refractivity contribution < 1.29 is 26.3 Å². The van der Waals surface area contributed by atoms with Crippen molar-refractivity contribution in [1.29, 1.82) is 5.26 Å². The van der Waals surface area contributed by atoms with Gasteiger partial charge in [0, 0.05) is 0 Å². The van der Waals surface area contributed by atoms with Crippen molar-refractivity contribution in [2.75, 3.05) is 0 Å². The lowest BCUT2D eigenvalue weighted by molar-refractivity contribution is -0.140. The monoisotopic (exact) mass is 254 g/mol. The molecule has 0 radical (unpaired) electrons. The third-order valence-electron chi connectivity index (χ3n) is 1.82. The average molecular weight is 254 g/mol. The maximum atomic E-state index is 13.2. The van der Waals surface area contributed by atoms with E-state index in [-0.39, 0.29) is 6.07 Å². The summed E-state index contributed by atoms with van der Waals surface area (Å²) in [6.07, 6.45) is -9.19. The summed E-state index contributed by atoms with van der Waals surface area (Å²) in [7, 11) is 0. The molecule has 0 bridgehead atoms. The van der Waals surface area contributed by atoms with Crippen molar-refractivity contribution in [1.82, 2.24) is 4.98 Å². The number of nitriles is 1. The molecule has 0 amide bonds. The first kappa shape index (κ1) is 13.3. The number of halogens is 6. The summed E-state index contributed by atoms with van der Waals surface area (Å²) in [5.41, 5.74) is -3.98. The summed E-state index contributed by atoms with van der Waals surface area (Å²) >= 11 is 0. The van der Waals surface area contributed by atoms with Gasteiger partial charge in [-0.05, 0) is 6.07 Å². The summed E-state index contributed by atoms with van der Waals surface area (Å²) < 4.78 is 74.7. The van der Waals surface area contributed by atoms with Crippen LogP contribution in [0.25, 0.3) is 0 Å². The van der Waals surface area contributed by atoms with Crippen molar-refractivity contribution in [3.63, 3.8) is 0 Å². The molecule has 2 nitrogen and oxygen atoms in total. The van der Waals surface area contributed by atoms with Crippen LogP contribution >= 0.6 is 0 Å². The van der Waals surface area contributed by atoms with Crippen LogP contribution in [-0.4, -0.2) is 4.98 Å². The molecular weight excluding hydrogens is 250 g/mol. The molecule has 0 spiro atoms. The average Bonchev–Trinajstić information content (AvgIpc) is 2.19. The van der Waals surface area contributed by atoms with E-state index in [2.05, 4.69) is 4.98 Å². The van der Waals surface area contributed by atoms with Gasteiger partial charge in [0.15, 0.2) is 5.82 Å². The van der Waals surface area contributed by atoms with E-state index >= 15 is 0 Å². The highest BCUT2D eigenvalue weighted by atomic mass is 19.4. The standard InChI is InChI=1S/C9H4F6N2/c10-7-4(9(13,14)15)3-6(8(11)12)17-5(7)1-2-16/h3,8H,1H2. The first-order valence-corrected chi connectivity index (χ1v) is 4.19. The van der Waals surface area contributed by atoms with Gasteiger partial charge in [-0.25, -0.2) is 18.2 Å². The van der Waals surface area contributed by atoms with E-state index in [1.807, 2.05) is 0 Å². The first-order valence-electron chi connectivity index (χ1n) is 4.19. The molecule has 92 valence electrons. The number of pyridine rings is 1. The molecule has 0 unspecified atom stereocenters. The maximum Gasteiger partial charge on any atom is 0.419 e. The number of alkyl halides is 5. The van der Waals surface area contributed by atoms with Gasteiger partial charge in [-0.1, -0.05) is 0 Å². The van der Waals surface area contributed by atoms with E-state index < -0.39 is 41.8 Å². The number of rotatable bonds is 2. The van der Waals surface area contributed by atoms with Gasteiger partial charge in [-0.2, -0.15) is 18.4 Å². The second-order valence-corrected chi connectivity index (χ2v) is 2.99. The largest absolute Gasteiger partial charge is 0.419 e. The minimum atomic E-state index is -5.11. The summed E-state index contributed by atoms with van der Waals surface area (Å²) in [4.78, 5) is 2.99. The predicted octanol–water partition coefficient (Wildman–Crippen LogP) is 3.24. The van der Waals surface area contributed by atoms with E-state index in [4.69, 9.17) is 5.26 Å². The highest BCUT2D eigenvalue weighted by Crippen LogP contribution is 2.34. The van der Waals surface area contributed by atoms with Crippen LogP contribution in [0.1, 0.15) is 23.4 Å². The molecule has 0 aliphatic rings. The van der Waals surface area contributed by atoms with E-state index in [1.165, 1.54) is 6.07 Å². The Bertz CT molecular complexity index is 460. The highest BCUT2D eigenvalue weighted by molar-refractivity contribution is 5.28. The van der Waals surface area contributed by atoms with Crippen LogP contribution in [0.3, 0.4) is 0 Å². The zero-order valence-corrected chi connectivity index (χ0v) is 8.02. The Morgan fingerprint density at radius 3 is 2.35 bits per heavy atom. The molecule has 1 aromatic heterocycles. The molecule has 0 aliphatic heterocycles. The minimum Gasteiger partial charge on any atom is -0.248 e. The fourth-order valence-electron chi connectivity index (χ4n) is 1.11. The number of nitrogens with zero attached hydrogens (tertiary/aromatic N) is 2. The molecule has 1 heterocycles. The van der Waals surface area contributed by atoms with Gasteiger partial charge in [0.25, 0.3) is 6.43 Å². The summed E-state index contributed by atoms with van der Waals surface area (Å²) in [5, 5.41) is 8.24. The van der Waals surface area contributed by atoms with Crippen LogP contribution < -0.4 is 0 Å². The van der Waals surface area contributed by atoms with Gasteiger partial charge in [0.05, 0.1) is 23.7 Å². The molecule has 0 fully saturated rings. The summed E-state index contributed by atoms with van der Waals surface area (Å²) in [6, 6.07) is 1.30. The Morgan fingerprint density at radius 1 is 1.35 bits per heavy atom. The minimum absolute atomic E-state index is 0.0547. The third-order valence-corrected chi connectivity index (χ3v) is 1.82. The smallest absolute Gasteiger partial charge is 0.248 e. The molecular formula is C9H4F6N2. The van der Waals surface area contributed by atoms with Crippen LogP contribution in [0.2, 0.25) is 0 Å². The maximum absolute atomic E-state index is 13.2.